The first-order valence-corrected chi connectivity index (χ1v) is 12.9. The number of aliphatic carboxylic acids is 1. The fraction of sp³-hybridized carbons (Fsp3) is 0.821. The maximum absolute atomic E-state index is 10.9. The summed E-state index contributed by atoms with van der Waals surface area (Å²) >= 11 is 0. The van der Waals surface area contributed by atoms with Gasteiger partial charge in [0.25, 0.3) is 0 Å². The molecule has 0 heterocycles. The molecule has 1 aliphatic carbocycles. The predicted molar refractivity (Wildman–Crippen MR) is 134 cm³/mol. The minimum atomic E-state index is -0.726. The lowest BCUT2D eigenvalue weighted by atomic mass is 9.78. The van der Waals surface area contributed by atoms with Crippen LogP contribution in [0.4, 0.5) is 0 Å². The van der Waals surface area contributed by atoms with Crippen LogP contribution in [0.2, 0.25) is 0 Å². The Morgan fingerprint density at radius 3 is 2.47 bits per heavy atom. The van der Waals surface area contributed by atoms with Crippen molar-refractivity contribution < 1.29 is 20.1 Å². The largest absolute Gasteiger partial charge is 0.481 e. The van der Waals surface area contributed by atoms with Gasteiger partial charge in [0, 0.05) is 0 Å². The third kappa shape index (κ3) is 11.7. The molecular weight excluding hydrogens is 400 g/mol. The number of aliphatic hydroxyl groups is 2. The standard InChI is InChI=1S/C28H50O4/c1-20(10-7-13-22(3)27(30)31)11-8-16-28(6,32)17-9-12-21(2)14-15-25-18-23(4)24(5)26(29)19-25/h10,19,21-24,26,29,32H,7-9,11-18H2,1-6H3,(H,30,31)/b20-10+. The van der Waals surface area contributed by atoms with Gasteiger partial charge in [-0.15, -0.1) is 0 Å². The van der Waals surface area contributed by atoms with E-state index in [2.05, 4.69) is 39.8 Å². The van der Waals surface area contributed by atoms with Crippen LogP contribution in [-0.4, -0.2) is 33.0 Å². The van der Waals surface area contributed by atoms with Gasteiger partial charge in [-0.1, -0.05) is 63.8 Å². The lowest BCUT2D eigenvalue weighted by Crippen LogP contribution is -2.27. The van der Waals surface area contributed by atoms with Gasteiger partial charge in [-0.2, -0.15) is 0 Å². The highest BCUT2D eigenvalue weighted by atomic mass is 16.4. The van der Waals surface area contributed by atoms with Gasteiger partial charge in [-0.05, 0) is 89.4 Å². The summed E-state index contributed by atoms with van der Waals surface area (Å²) in [6.07, 6.45) is 14.6. The number of rotatable bonds is 15. The van der Waals surface area contributed by atoms with Crippen molar-refractivity contribution in [3.63, 3.8) is 0 Å². The van der Waals surface area contributed by atoms with Crippen LogP contribution in [-0.2, 0) is 4.79 Å². The summed E-state index contributed by atoms with van der Waals surface area (Å²) in [6.45, 7) is 12.5. The Morgan fingerprint density at radius 1 is 1.19 bits per heavy atom. The molecule has 6 unspecified atom stereocenters. The van der Waals surface area contributed by atoms with Crippen molar-refractivity contribution in [2.45, 2.75) is 124 Å². The molecule has 0 saturated heterocycles. The highest BCUT2D eigenvalue weighted by molar-refractivity contribution is 5.69. The van der Waals surface area contributed by atoms with Crippen LogP contribution in [0.25, 0.3) is 0 Å². The Labute approximate surface area is 197 Å². The third-order valence-electron chi connectivity index (χ3n) is 7.60. The number of carbonyl (C=O) groups is 1. The van der Waals surface area contributed by atoms with Crippen LogP contribution in [0, 0.1) is 23.7 Å². The summed E-state index contributed by atoms with van der Waals surface area (Å²) in [7, 11) is 0. The van der Waals surface area contributed by atoms with Crippen LogP contribution < -0.4 is 0 Å². The Balaban J connectivity index is 2.22. The summed E-state index contributed by atoms with van der Waals surface area (Å²) < 4.78 is 0. The van der Waals surface area contributed by atoms with Gasteiger partial charge in [0.2, 0.25) is 0 Å². The first-order chi connectivity index (χ1) is 14.9. The van der Waals surface area contributed by atoms with E-state index in [4.69, 9.17) is 5.11 Å². The monoisotopic (exact) mass is 450 g/mol. The van der Waals surface area contributed by atoms with Crippen LogP contribution in [0.15, 0.2) is 23.3 Å². The number of hydrogen-bond acceptors (Lipinski definition) is 3. The molecule has 0 aliphatic heterocycles. The van der Waals surface area contributed by atoms with E-state index in [-0.39, 0.29) is 12.0 Å². The Morgan fingerprint density at radius 2 is 1.84 bits per heavy atom. The molecule has 0 aromatic heterocycles. The molecule has 186 valence electrons. The summed E-state index contributed by atoms with van der Waals surface area (Å²) in [5.74, 6) is 0.535. The van der Waals surface area contributed by atoms with Crippen molar-refractivity contribution in [2.24, 2.45) is 23.7 Å². The summed E-state index contributed by atoms with van der Waals surface area (Å²) in [4.78, 5) is 10.9. The van der Waals surface area contributed by atoms with E-state index >= 15 is 0 Å². The summed E-state index contributed by atoms with van der Waals surface area (Å²) in [6, 6.07) is 0. The van der Waals surface area contributed by atoms with Crippen molar-refractivity contribution in [3.8, 4) is 0 Å². The Bertz CT molecular complexity index is 619. The Hall–Kier alpha value is -1.13. The fourth-order valence-corrected chi connectivity index (χ4v) is 4.67. The lowest BCUT2D eigenvalue weighted by Gasteiger charge is -2.30. The van der Waals surface area contributed by atoms with Gasteiger partial charge < -0.3 is 15.3 Å². The maximum Gasteiger partial charge on any atom is 0.306 e. The van der Waals surface area contributed by atoms with E-state index in [0.29, 0.717) is 24.2 Å². The molecule has 3 N–H and O–H groups in total. The number of allylic oxidation sites excluding steroid dienone is 3. The first-order valence-electron chi connectivity index (χ1n) is 12.9. The number of hydrogen-bond donors (Lipinski definition) is 3. The zero-order valence-corrected chi connectivity index (χ0v) is 21.6. The van der Waals surface area contributed by atoms with Gasteiger partial charge in [0.05, 0.1) is 17.6 Å². The van der Waals surface area contributed by atoms with Gasteiger partial charge in [0.15, 0.2) is 0 Å². The van der Waals surface area contributed by atoms with Crippen molar-refractivity contribution in [1.29, 1.82) is 0 Å². The van der Waals surface area contributed by atoms with Crippen LogP contribution >= 0.6 is 0 Å². The number of carboxylic acid groups (broad SMARTS) is 1. The quantitative estimate of drug-likeness (QED) is 0.237. The molecule has 4 heteroatoms. The Kier molecular flexibility index (Phi) is 12.8. The van der Waals surface area contributed by atoms with Crippen LogP contribution in [0.5, 0.6) is 0 Å². The van der Waals surface area contributed by atoms with Crippen molar-refractivity contribution in [2.75, 3.05) is 0 Å². The SMILES string of the molecule is C/C(=C\CCC(C)C(=O)O)CCCC(C)(O)CCCC(C)CCC1=CC(O)C(C)C(C)C1. The van der Waals surface area contributed by atoms with E-state index in [1.165, 1.54) is 11.1 Å². The second-order valence-corrected chi connectivity index (χ2v) is 11.1. The zero-order chi connectivity index (χ0) is 24.3. The van der Waals surface area contributed by atoms with Crippen molar-refractivity contribution in [1.82, 2.24) is 0 Å². The van der Waals surface area contributed by atoms with Crippen molar-refractivity contribution in [3.05, 3.63) is 23.3 Å². The molecule has 4 nitrogen and oxygen atoms in total. The third-order valence-corrected chi connectivity index (χ3v) is 7.60. The minimum Gasteiger partial charge on any atom is -0.481 e. The van der Waals surface area contributed by atoms with E-state index in [1.807, 2.05) is 6.92 Å². The van der Waals surface area contributed by atoms with Gasteiger partial charge >= 0.3 is 5.97 Å². The lowest BCUT2D eigenvalue weighted by molar-refractivity contribution is -0.141. The maximum atomic E-state index is 10.9. The zero-order valence-electron chi connectivity index (χ0n) is 21.6. The van der Waals surface area contributed by atoms with E-state index in [9.17, 15) is 15.0 Å². The molecule has 0 spiro atoms. The second kappa shape index (κ2) is 14.2. The van der Waals surface area contributed by atoms with Crippen LogP contribution in [0.3, 0.4) is 0 Å². The molecular formula is C28H50O4. The minimum absolute atomic E-state index is 0.286. The molecule has 0 bridgehead atoms. The highest BCUT2D eigenvalue weighted by Gasteiger charge is 2.25. The molecule has 1 aliphatic rings. The molecule has 0 fully saturated rings. The number of aliphatic hydroxyl groups excluding tert-OH is 1. The predicted octanol–water partition coefficient (Wildman–Crippen LogP) is 6.90. The smallest absolute Gasteiger partial charge is 0.306 e. The van der Waals surface area contributed by atoms with Gasteiger partial charge in [-0.3, -0.25) is 4.79 Å². The molecule has 0 aromatic carbocycles. The molecule has 0 aromatic rings. The molecule has 6 atom stereocenters. The molecule has 0 saturated carbocycles. The molecule has 1 rings (SSSR count). The average Bonchev–Trinajstić information content (AvgIpc) is 2.69. The van der Waals surface area contributed by atoms with Gasteiger partial charge in [0.1, 0.15) is 0 Å². The van der Waals surface area contributed by atoms with Crippen LogP contribution in [0.1, 0.15) is 112 Å². The normalized spacial score (nSPS) is 25.7. The topological polar surface area (TPSA) is 77.8 Å². The molecule has 0 amide bonds. The van der Waals surface area contributed by atoms with E-state index < -0.39 is 11.6 Å². The van der Waals surface area contributed by atoms with E-state index in [0.717, 1.165) is 64.2 Å². The summed E-state index contributed by atoms with van der Waals surface area (Å²) in [5, 5.41) is 29.9. The average molecular weight is 451 g/mol. The first kappa shape index (κ1) is 28.9. The second-order valence-electron chi connectivity index (χ2n) is 11.1. The van der Waals surface area contributed by atoms with Crippen molar-refractivity contribution >= 4 is 5.97 Å². The van der Waals surface area contributed by atoms with E-state index in [1.54, 1.807) is 6.92 Å². The number of carboxylic acids is 1. The molecule has 0 radical (unpaired) electrons. The van der Waals surface area contributed by atoms with Gasteiger partial charge in [-0.25, -0.2) is 0 Å². The highest BCUT2D eigenvalue weighted by Crippen LogP contribution is 2.33. The molecule has 32 heavy (non-hydrogen) atoms. The fourth-order valence-electron chi connectivity index (χ4n) is 4.67. The summed E-state index contributed by atoms with van der Waals surface area (Å²) in [5.41, 5.74) is 2.10.